The van der Waals surface area contributed by atoms with E-state index in [9.17, 15) is 0 Å². The number of methoxy groups -OCH3 is 1. The highest BCUT2D eigenvalue weighted by atomic mass is 16.5. The maximum Gasteiger partial charge on any atom is 0.126 e. The minimum absolute atomic E-state index is 0.264. The molecule has 19 heavy (non-hydrogen) atoms. The zero-order valence-electron chi connectivity index (χ0n) is 11.8. The van der Waals surface area contributed by atoms with Gasteiger partial charge in [0, 0.05) is 20.2 Å². The van der Waals surface area contributed by atoms with E-state index in [0.717, 1.165) is 24.2 Å². The van der Waals surface area contributed by atoms with Gasteiger partial charge in [-0.25, -0.2) is 4.98 Å². The van der Waals surface area contributed by atoms with Crippen molar-refractivity contribution in [3.63, 3.8) is 0 Å². The molecule has 1 unspecified atom stereocenters. The Hall–Kier alpha value is -1.39. The number of nitrogens with one attached hydrogen (secondary N) is 1. The Kier molecular flexibility index (Phi) is 3.29. The van der Waals surface area contributed by atoms with Crippen LogP contribution in [-0.4, -0.2) is 28.8 Å². The van der Waals surface area contributed by atoms with Gasteiger partial charge in [0.2, 0.25) is 0 Å². The molecule has 4 nitrogen and oxygen atoms in total. The van der Waals surface area contributed by atoms with Gasteiger partial charge in [0.05, 0.1) is 23.2 Å². The number of hydrogen-bond acceptors (Lipinski definition) is 3. The summed E-state index contributed by atoms with van der Waals surface area (Å²) in [6, 6.07) is 9.09. The van der Waals surface area contributed by atoms with Gasteiger partial charge < -0.3 is 14.6 Å². The molecule has 1 heterocycles. The second-order valence-electron chi connectivity index (χ2n) is 5.43. The van der Waals surface area contributed by atoms with Gasteiger partial charge in [-0.1, -0.05) is 12.1 Å². The second kappa shape index (κ2) is 4.94. The number of ether oxygens (including phenoxy) is 1. The summed E-state index contributed by atoms with van der Waals surface area (Å²) in [5.41, 5.74) is 2.26. The van der Waals surface area contributed by atoms with E-state index in [2.05, 4.69) is 42.1 Å². The first-order valence-electron chi connectivity index (χ1n) is 6.89. The molecule has 102 valence electrons. The summed E-state index contributed by atoms with van der Waals surface area (Å²) in [6.07, 6.45) is 2.64. The van der Waals surface area contributed by atoms with Crippen LogP contribution in [0.2, 0.25) is 0 Å². The van der Waals surface area contributed by atoms with Gasteiger partial charge in [-0.3, -0.25) is 0 Å². The van der Waals surface area contributed by atoms with Crippen LogP contribution in [0.1, 0.15) is 31.6 Å². The van der Waals surface area contributed by atoms with Gasteiger partial charge in [-0.15, -0.1) is 0 Å². The molecule has 4 heteroatoms. The highest BCUT2D eigenvalue weighted by Crippen LogP contribution is 2.26. The normalized spacial score (nSPS) is 24.4. The van der Waals surface area contributed by atoms with Crippen LogP contribution in [0.25, 0.3) is 11.0 Å². The average Bonchev–Trinajstić information content (AvgIpc) is 2.71. The Morgan fingerprint density at radius 2 is 2.11 bits per heavy atom. The van der Waals surface area contributed by atoms with Crippen molar-refractivity contribution in [2.24, 2.45) is 7.05 Å². The van der Waals surface area contributed by atoms with Gasteiger partial charge in [0.15, 0.2) is 0 Å². The van der Waals surface area contributed by atoms with E-state index in [0.29, 0.717) is 12.1 Å². The van der Waals surface area contributed by atoms with Crippen molar-refractivity contribution in [1.82, 2.24) is 14.9 Å². The van der Waals surface area contributed by atoms with E-state index in [1.807, 2.05) is 6.07 Å². The van der Waals surface area contributed by atoms with E-state index in [1.54, 1.807) is 7.11 Å². The van der Waals surface area contributed by atoms with Crippen LogP contribution >= 0.6 is 0 Å². The largest absolute Gasteiger partial charge is 0.381 e. The standard InChI is InChI=1S/C15H21N3O/c1-10(16-11-8-12(9-11)19-3)15-17-13-6-4-5-7-14(13)18(15)2/h4-7,10-12,16H,8-9H2,1-3H3. The number of para-hydroxylation sites is 2. The number of hydrogen-bond donors (Lipinski definition) is 1. The summed E-state index contributed by atoms with van der Waals surface area (Å²) in [4.78, 5) is 4.73. The van der Waals surface area contributed by atoms with Crippen LogP contribution in [-0.2, 0) is 11.8 Å². The third kappa shape index (κ3) is 2.26. The quantitative estimate of drug-likeness (QED) is 0.916. The van der Waals surface area contributed by atoms with Gasteiger partial charge in [0.1, 0.15) is 5.82 Å². The third-order valence-electron chi connectivity index (χ3n) is 4.12. The molecule has 2 aromatic rings. The molecule has 1 N–H and O–H groups in total. The molecule has 1 aromatic heterocycles. The maximum absolute atomic E-state index is 5.31. The van der Waals surface area contributed by atoms with Crippen molar-refractivity contribution in [2.45, 2.75) is 38.0 Å². The Morgan fingerprint density at radius 3 is 2.79 bits per heavy atom. The topological polar surface area (TPSA) is 39.1 Å². The highest BCUT2D eigenvalue weighted by molar-refractivity contribution is 5.75. The number of benzene rings is 1. The molecular weight excluding hydrogens is 238 g/mol. The summed E-state index contributed by atoms with van der Waals surface area (Å²) in [6.45, 7) is 2.18. The first-order valence-corrected chi connectivity index (χ1v) is 6.89. The molecule has 0 spiro atoms. The van der Waals surface area contributed by atoms with Crippen LogP contribution in [0, 0.1) is 0 Å². The summed E-state index contributed by atoms with van der Waals surface area (Å²) in [5.74, 6) is 1.10. The van der Waals surface area contributed by atoms with Crippen molar-refractivity contribution < 1.29 is 4.74 Å². The molecule has 0 aliphatic heterocycles. The zero-order chi connectivity index (χ0) is 13.4. The Labute approximate surface area is 113 Å². The van der Waals surface area contributed by atoms with E-state index >= 15 is 0 Å². The first-order chi connectivity index (χ1) is 9.19. The van der Waals surface area contributed by atoms with Gasteiger partial charge in [0.25, 0.3) is 0 Å². The number of imidazole rings is 1. The zero-order valence-corrected chi connectivity index (χ0v) is 11.8. The summed E-state index contributed by atoms with van der Waals surface area (Å²) >= 11 is 0. The smallest absolute Gasteiger partial charge is 0.126 e. The van der Waals surface area contributed by atoms with Crippen LogP contribution in [0.15, 0.2) is 24.3 Å². The lowest BCUT2D eigenvalue weighted by molar-refractivity contribution is 0.0144. The van der Waals surface area contributed by atoms with Crippen LogP contribution in [0.4, 0.5) is 0 Å². The average molecular weight is 259 g/mol. The van der Waals surface area contributed by atoms with Crippen molar-refractivity contribution in [1.29, 1.82) is 0 Å². The Balaban J connectivity index is 1.75. The third-order valence-corrected chi connectivity index (χ3v) is 4.12. The maximum atomic E-state index is 5.31. The van der Waals surface area contributed by atoms with Crippen molar-refractivity contribution in [3.05, 3.63) is 30.1 Å². The number of fused-ring (bicyclic) bond motifs is 1. The van der Waals surface area contributed by atoms with Crippen molar-refractivity contribution in [3.8, 4) is 0 Å². The summed E-state index contributed by atoms with van der Waals surface area (Å²) in [5, 5.41) is 3.64. The fraction of sp³-hybridized carbons (Fsp3) is 0.533. The second-order valence-corrected chi connectivity index (χ2v) is 5.43. The molecule has 1 fully saturated rings. The predicted molar refractivity (Wildman–Crippen MR) is 76.1 cm³/mol. The van der Waals surface area contributed by atoms with E-state index in [1.165, 1.54) is 5.52 Å². The SMILES string of the molecule is COC1CC(NC(C)c2nc3ccccc3n2C)C1. The molecule has 1 aliphatic carbocycles. The molecule has 0 radical (unpaired) electrons. The van der Waals surface area contributed by atoms with Crippen molar-refractivity contribution in [2.75, 3.05) is 7.11 Å². The minimum Gasteiger partial charge on any atom is -0.381 e. The lowest BCUT2D eigenvalue weighted by atomic mass is 9.88. The lowest BCUT2D eigenvalue weighted by Crippen LogP contribution is -2.46. The molecule has 1 saturated carbocycles. The van der Waals surface area contributed by atoms with E-state index in [-0.39, 0.29) is 6.04 Å². The van der Waals surface area contributed by atoms with Crippen molar-refractivity contribution >= 4 is 11.0 Å². The molecule has 1 aliphatic rings. The number of nitrogens with zero attached hydrogens (tertiary/aromatic N) is 2. The fourth-order valence-corrected chi connectivity index (χ4v) is 2.87. The lowest BCUT2D eigenvalue weighted by Gasteiger charge is -2.36. The Bertz CT molecular complexity index is 572. The van der Waals surface area contributed by atoms with Crippen LogP contribution in [0.3, 0.4) is 0 Å². The van der Waals surface area contributed by atoms with E-state index in [4.69, 9.17) is 9.72 Å². The molecular formula is C15H21N3O. The number of aromatic nitrogens is 2. The van der Waals surface area contributed by atoms with Gasteiger partial charge in [-0.2, -0.15) is 0 Å². The molecule has 1 aromatic carbocycles. The number of aryl methyl sites for hydroxylation is 1. The fourth-order valence-electron chi connectivity index (χ4n) is 2.87. The summed E-state index contributed by atoms with van der Waals surface area (Å²) in [7, 11) is 3.87. The van der Waals surface area contributed by atoms with E-state index < -0.39 is 0 Å². The molecule has 0 bridgehead atoms. The molecule has 0 saturated heterocycles. The van der Waals surface area contributed by atoms with Gasteiger partial charge in [-0.05, 0) is 31.9 Å². The first kappa shape index (κ1) is 12.6. The Morgan fingerprint density at radius 1 is 1.37 bits per heavy atom. The molecule has 3 rings (SSSR count). The van der Waals surface area contributed by atoms with Crippen LogP contribution < -0.4 is 5.32 Å². The number of rotatable bonds is 4. The summed E-state index contributed by atoms with van der Waals surface area (Å²) < 4.78 is 7.49. The monoisotopic (exact) mass is 259 g/mol. The molecule has 0 amide bonds. The highest BCUT2D eigenvalue weighted by Gasteiger charge is 2.30. The van der Waals surface area contributed by atoms with Gasteiger partial charge >= 0.3 is 0 Å². The minimum atomic E-state index is 0.264. The molecule has 1 atom stereocenters. The van der Waals surface area contributed by atoms with Crippen LogP contribution in [0.5, 0.6) is 0 Å². The predicted octanol–water partition coefficient (Wildman–Crippen LogP) is 2.40.